The van der Waals surface area contributed by atoms with Crippen molar-refractivity contribution >= 4 is 44.3 Å². The van der Waals surface area contributed by atoms with Gasteiger partial charge >= 0.3 is 0 Å². The molecule has 0 saturated carbocycles. The molecule has 2 aromatic heterocycles. The van der Waals surface area contributed by atoms with E-state index >= 15 is 0 Å². The Bertz CT molecular complexity index is 843. The van der Waals surface area contributed by atoms with Crippen molar-refractivity contribution in [1.29, 1.82) is 0 Å². The molecule has 2 aromatic rings. The van der Waals surface area contributed by atoms with Crippen molar-refractivity contribution in [2.75, 3.05) is 11.5 Å². The maximum Gasteiger partial charge on any atom is 0.289 e. The van der Waals surface area contributed by atoms with E-state index in [4.69, 9.17) is 0 Å². The van der Waals surface area contributed by atoms with Crippen LogP contribution in [0, 0.1) is 5.92 Å². The number of carbonyl (C=O) groups is 2. The minimum Gasteiger partial charge on any atom is -0.273 e. The lowest BCUT2D eigenvalue weighted by molar-refractivity contribution is -0.122. The summed E-state index contributed by atoms with van der Waals surface area (Å²) in [5.41, 5.74) is 4.85. The summed E-state index contributed by atoms with van der Waals surface area (Å²) in [5.74, 6) is -0.927. The van der Waals surface area contributed by atoms with E-state index in [1.54, 1.807) is 5.38 Å². The van der Waals surface area contributed by atoms with Crippen molar-refractivity contribution in [1.82, 2.24) is 15.8 Å². The van der Waals surface area contributed by atoms with Gasteiger partial charge in [-0.1, -0.05) is 6.07 Å². The lowest BCUT2D eigenvalue weighted by atomic mass is 10.1. The number of thiophene rings is 1. The second kappa shape index (κ2) is 6.99. The summed E-state index contributed by atoms with van der Waals surface area (Å²) in [6, 6.07) is 3.83. The number of nitrogens with zero attached hydrogens (tertiary/aromatic N) is 1. The van der Waals surface area contributed by atoms with Crippen molar-refractivity contribution in [2.45, 2.75) is 12.8 Å². The van der Waals surface area contributed by atoms with Gasteiger partial charge < -0.3 is 0 Å². The lowest BCUT2D eigenvalue weighted by Gasteiger charge is -2.09. The summed E-state index contributed by atoms with van der Waals surface area (Å²) < 4.78 is 22.7. The van der Waals surface area contributed by atoms with Crippen LogP contribution in [0.25, 0.3) is 9.88 Å². The third-order valence-corrected chi connectivity index (χ3v) is 7.30. The summed E-state index contributed by atoms with van der Waals surface area (Å²) in [6.45, 7) is 0. The van der Waals surface area contributed by atoms with Gasteiger partial charge in [0.2, 0.25) is 5.91 Å². The first kappa shape index (κ1) is 17.1. The van der Waals surface area contributed by atoms with Gasteiger partial charge in [-0.05, 0) is 23.8 Å². The van der Waals surface area contributed by atoms with Gasteiger partial charge in [0, 0.05) is 11.8 Å². The Morgan fingerprint density at radius 2 is 2.12 bits per heavy atom. The lowest BCUT2D eigenvalue weighted by Crippen LogP contribution is -2.42. The van der Waals surface area contributed by atoms with E-state index in [1.807, 2.05) is 17.5 Å². The number of amides is 2. The number of aromatic nitrogens is 1. The highest BCUT2D eigenvalue weighted by Crippen LogP contribution is 2.27. The minimum atomic E-state index is -3.01. The molecule has 0 aliphatic carbocycles. The molecule has 0 radical (unpaired) electrons. The van der Waals surface area contributed by atoms with Crippen LogP contribution in [0.2, 0.25) is 0 Å². The van der Waals surface area contributed by atoms with Gasteiger partial charge in [0.1, 0.15) is 10.7 Å². The molecule has 1 fully saturated rings. The van der Waals surface area contributed by atoms with Crippen LogP contribution in [0.3, 0.4) is 0 Å². The molecule has 3 rings (SSSR count). The molecule has 2 amide bonds. The molecule has 0 aromatic carbocycles. The summed E-state index contributed by atoms with van der Waals surface area (Å²) in [6.07, 6.45) is 0.566. The van der Waals surface area contributed by atoms with Gasteiger partial charge in [-0.2, -0.15) is 0 Å². The average molecular weight is 385 g/mol. The number of thiazole rings is 1. The Labute approximate surface area is 147 Å². The van der Waals surface area contributed by atoms with Gasteiger partial charge in [0.25, 0.3) is 5.91 Å². The quantitative estimate of drug-likeness (QED) is 0.775. The molecule has 128 valence electrons. The van der Waals surface area contributed by atoms with E-state index in [0.717, 1.165) is 9.88 Å². The van der Waals surface area contributed by atoms with Crippen LogP contribution in [0.15, 0.2) is 22.9 Å². The highest BCUT2D eigenvalue weighted by Gasteiger charge is 2.29. The highest BCUT2D eigenvalue weighted by molar-refractivity contribution is 7.91. The minimum absolute atomic E-state index is 0.0324. The third kappa shape index (κ3) is 4.19. The summed E-state index contributed by atoms with van der Waals surface area (Å²) in [7, 11) is -3.01. The SMILES string of the molecule is O=C(CC1CCS(=O)(=O)C1)NNC(=O)c1csc(-c2cccs2)n1. The molecule has 0 bridgehead atoms. The molecule has 1 unspecified atom stereocenters. The van der Waals surface area contributed by atoms with Gasteiger partial charge in [-0.25, -0.2) is 13.4 Å². The van der Waals surface area contributed by atoms with Crippen LogP contribution in [-0.4, -0.2) is 36.7 Å². The van der Waals surface area contributed by atoms with Crippen molar-refractivity contribution in [2.24, 2.45) is 5.92 Å². The molecule has 24 heavy (non-hydrogen) atoms. The summed E-state index contributed by atoms with van der Waals surface area (Å²) in [5, 5.41) is 4.30. The molecule has 1 atom stereocenters. The van der Waals surface area contributed by atoms with E-state index in [-0.39, 0.29) is 29.5 Å². The molecule has 10 heteroatoms. The van der Waals surface area contributed by atoms with Gasteiger partial charge in [-0.3, -0.25) is 20.4 Å². The van der Waals surface area contributed by atoms with E-state index in [9.17, 15) is 18.0 Å². The second-order valence-electron chi connectivity index (χ2n) is 5.49. The first-order chi connectivity index (χ1) is 11.4. The van der Waals surface area contributed by atoms with Crippen LogP contribution in [-0.2, 0) is 14.6 Å². The average Bonchev–Trinajstić information content (AvgIpc) is 3.24. The third-order valence-electron chi connectivity index (χ3n) is 3.59. The molecular formula is C14H15N3O4S3. The Morgan fingerprint density at radius 3 is 2.79 bits per heavy atom. The van der Waals surface area contributed by atoms with Crippen LogP contribution >= 0.6 is 22.7 Å². The molecule has 2 N–H and O–H groups in total. The van der Waals surface area contributed by atoms with E-state index in [1.165, 1.54) is 22.7 Å². The van der Waals surface area contributed by atoms with Crippen molar-refractivity contribution in [3.8, 4) is 9.88 Å². The van der Waals surface area contributed by atoms with Crippen LogP contribution < -0.4 is 10.9 Å². The second-order valence-corrected chi connectivity index (χ2v) is 9.53. The molecule has 0 spiro atoms. The highest BCUT2D eigenvalue weighted by atomic mass is 32.2. The molecule has 1 saturated heterocycles. The maximum atomic E-state index is 12.0. The van der Waals surface area contributed by atoms with E-state index in [2.05, 4.69) is 15.8 Å². The topological polar surface area (TPSA) is 105 Å². The monoisotopic (exact) mass is 385 g/mol. The number of hydrogen-bond acceptors (Lipinski definition) is 7. The fourth-order valence-corrected chi connectivity index (χ4v) is 5.90. The van der Waals surface area contributed by atoms with Crippen molar-refractivity contribution in [3.63, 3.8) is 0 Å². The van der Waals surface area contributed by atoms with Gasteiger partial charge in [-0.15, -0.1) is 22.7 Å². The first-order valence-electron chi connectivity index (χ1n) is 7.22. The molecule has 3 heterocycles. The van der Waals surface area contributed by atoms with Gasteiger partial charge in [0.05, 0.1) is 16.4 Å². The molecular weight excluding hydrogens is 370 g/mol. The Hall–Kier alpha value is -1.78. The fraction of sp³-hybridized carbons (Fsp3) is 0.357. The molecule has 1 aliphatic heterocycles. The number of carbonyl (C=O) groups excluding carboxylic acids is 2. The van der Waals surface area contributed by atoms with Crippen LogP contribution in [0.4, 0.5) is 0 Å². The number of rotatable bonds is 4. The zero-order chi connectivity index (χ0) is 17.2. The number of sulfone groups is 1. The Morgan fingerprint density at radius 1 is 1.29 bits per heavy atom. The predicted molar refractivity (Wildman–Crippen MR) is 92.4 cm³/mol. The number of hydrazine groups is 1. The summed E-state index contributed by atoms with van der Waals surface area (Å²) in [4.78, 5) is 29.0. The Balaban J connectivity index is 1.50. The van der Waals surface area contributed by atoms with Gasteiger partial charge in [0.15, 0.2) is 9.84 Å². The van der Waals surface area contributed by atoms with E-state index in [0.29, 0.717) is 6.42 Å². The van der Waals surface area contributed by atoms with Crippen molar-refractivity contribution in [3.05, 3.63) is 28.6 Å². The van der Waals surface area contributed by atoms with Crippen LogP contribution in [0.1, 0.15) is 23.3 Å². The maximum absolute atomic E-state index is 12.0. The standard InChI is InChI=1S/C14H15N3O4S3/c18-12(6-9-3-5-24(20,21)8-9)16-17-13(19)10-7-23-14(15-10)11-2-1-4-22-11/h1-2,4,7,9H,3,5-6,8H2,(H,16,18)(H,17,19). The normalized spacial score (nSPS) is 19.1. The zero-order valence-electron chi connectivity index (χ0n) is 12.5. The zero-order valence-corrected chi connectivity index (χ0v) is 15.0. The molecule has 7 nitrogen and oxygen atoms in total. The van der Waals surface area contributed by atoms with Crippen molar-refractivity contribution < 1.29 is 18.0 Å². The smallest absolute Gasteiger partial charge is 0.273 e. The number of hydrogen-bond donors (Lipinski definition) is 2. The first-order valence-corrected chi connectivity index (χ1v) is 10.8. The summed E-state index contributed by atoms with van der Waals surface area (Å²) >= 11 is 2.89. The largest absolute Gasteiger partial charge is 0.289 e. The Kier molecular flexibility index (Phi) is 4.97. The predicted octanol–water partition coefficient (Wildman–Crippen LogP) is 1.46. The van der Waals surface area contributed by atoms with Crippen LogP contribution in [0.5, 0.6) is 0 Å². The fourth-order valence-electron chi connectivity index (χ4n) is 2.43. The van der Waals surface area contributed by atoms with E-state index < -0.39 is 21.7 Å². The number of nitrogens with one attached hydrogen (secondary N) is 2. The molecule has 1 aliphatic rings.